The Morgan fingerprint density at radius 2 is 1.84 bits per heavy atom. The van der Waals surface area contributed by atoms with Gasteiger partial charge in [0.25, 0.3) is 11.5 Å². The molecule has 1 atom stereocenters. The van der Waals surface area contributed by atoms with E-state index in [2.05, 4.69) is 15.1 Å². The number of halogens is 6. The molecule has 0 bridgehead atoms. The third-order valence-corrected chi connectivity index (χ3v) is 6.53. The lowest BCUT2D eigenvalue weighted by molar-refractivity contribution is -0.275. The van der Waals surface area contributed by atoms with Crippen LogP contribution in [0.25, 0.3) is 10.8 Å². The molecular weight excluding hydrogens is 537 g/mol. The lowest BCUT2D eigenvalue weighted by Gasteiger charge is -2.29. The number of nitrogens with zero attached hydrogens (tertiary/aromatic N) is 3. The van der Waals surface area contributed by atoms with Gasteiger partial charge in [0.15, 0.2) is 5.82 Å². The zero-order chi connectivity index (χ0) is 27.0. The van der Waals surface area contributed by atoms with E-state index in [9.17, 15) is 22.4 Å². The van der Waals surface area contributed by atoms with Crippen molar-refractivity contribution >= 4 is 51.8 Å². The standard InChI is InChI=1S/C25H19Cl2F4N3O3/c1-34(10-9-32-36-2)23(35)18-8-7-17(15-5-3-4-6-16(15)18)21-13-24(37-33-21,25(29,30)31)14-11-19(26)22(28)20(27)12-14/h3-9,11-12H,10,13H2,1-2H3. The zero-order valence-corrected chi connectivity index (χ0v) is 21.0. The van der Waals surface area contributed by atoms with Crippen molar-refractivity contribution < 1.29 is 32.0 Å². The highest BCUT2D eigenvalue weighted by molar-refractivity contribution is 6.35. The third kappa shape index (κ3) is 4.83. The Morgan fingerprint density at radius 3 is 2.46 bits per heavy atom. The van der Waals surface area contributed by atoms with E-state index < -0.39 is 39.6 Å². The molecule has 0 radical (unpaired) electrons. The highest BCUT2D eigenvalue weighted by Gasteiger charge is 2.62. The average Bonchev–Trinajstić information content (AvgIpc) is 3.33. The molecule has 3 aromatic rings. The van der Waals surface area contributed by atoms with E-state index in [1.165, 1.54) is 30.4 Å². The molecule has 1 aliphatic heterocycles. The Morgan fingerprint density at radius 1 is 1.19 bits per heavy atom. The number of fused-ring (bicyclic) bond motifs is 1. The molecule has 6 nitrogen and oxygen atoms in total. The van der Waals surface area contributed by atoms with Crippen LogP contribution in [0.15, 0.2) is 58.8 Å². The van der Waals surface area contributed by atoms with Crippen molar-refractivity contribution in [1.82, 2.24) is 4.90 Å². The number of alkyl halides is 3. The molecule has 0 aromatic heterocycles. The summed E-state index contributed by atoms with van der Waals surface area (Å²) in [4.78, 5) is 24.1. The van der Waals surface area contributed by atoms with Crippen LogP contribution in [0.4, 0.5) is 17.6 Å². The maximum absolute atomic E-state index is 14.4. The van der Waals surface area contributed by atoms with Crippen molar-refractivity contribution in [3.63, 3.8) is 0 Å². The van der Waals surface area contributed by atoms with Crippen LogP contribution in [0.1, 0.15) is 27.9 Å². The molecule has 0 aliphatic carbocycles. The van der Waals surface area contributed by atoms with Crippen LogP contribution in [0, 0.1) is 5.82 Å². The van der Waals surface area contributed by atoms with Crippen molar-refractivity contribution in [2.24, 2.45) is 10.3 Å². The molecule has 37 heavy (non-hydrogen) atoms. The Balaban J connectivity index is 1.75. The summed E-state index contributed by atoms with van der Waals surface area (Å²) < 4.78 is 57.1. The average molecular weight is 556 g/mol. The minimum absolute atomic E-state index is 0.00956. The first-order chi connectivity index (χ1) is 17.5. The van der Waals surface area contributed by atoms with E-state index >= 15 is 0 Å². The minimum Gasteiger partial charge on any atom is -0.399 e. The zero-order valence-electron chi connectivity index (χ0n) is 19.4. The molecule has 1 unspecified atom stereocenters. The summed E-state index contributed by atoms with van der Waals surface area (Å²) in [6.07, 6.45) is -4.25. The van der Waals surface area contributed by atoms with Gasteiger partial charge in [0, 0.05) is 30.2 Å². The molecular formula is C25H19Cl2F4N3O3. The fourth-order valence-corrected chi connectivity index (χ4v) is 4.58. The maximum atomic E-state index is 14.4. The summed E-state index contributed by atoms with van der Waals surface area (Å²) in [5, 5.41) is 7.27. The van der Waals surface area contributed by atoms with Crippen LogP contribution in [-0.4, -0.2) is 49.6 Å². The van der Waals surface area contributed by atoms with E-state index in [1.807, 2.05) is 0 Å². The van der Waals surface area contributed by atoms with E-state index in [0.29, 0.717) is 21.9 Å². The molecule has 1 aliphatic rings. The third-order valence-electron chi connectivity index (χ3n) is 5.98. The molecule has 0 fully saturated rings. The largest absolute Gasteiger partial charge is 0.435 e. The predicted octanol–water partition coefficient (Wildman–Crippen LogP) is 6.57. The molecule has 3 aromatic carbocycles. The van der Waals surface area contributed by atoms with Crippen LogP contribution < -0.4 is 0 Å². The van der Waals surface area contributed by atoms with Gasteiger partial charge in [0.1, 0.15) is 7.11 Å². The van der Waals surface area contributed by atoms with Crippen LogP contribution >= 0.6 is 23.2 Å². The number of hydrogen-bond acceptors (Lipinski definition) is 5. The number of oxime groups is 2. The molecule has 0 saturated carbocycles. The number of amides is 1. The van der Waals surface area contributed by atoms with Crippen molar-refractivity contribution in [3.8, 4) is 0 Å². The number of carbonyl (C=O) groups excluding carboxylic acids is 1. The highest BCUT2D eigenvalue weighted by atomic mass is 35.5. The number of benzene rings is 3. The van der Waals surface area contributed by atoms with Crippen molar-refractivity contribution in [2.45, 2.75) is 18.2 Å². The Hall–Kier alpha value is -3.37. The first-order valence-electron chi connectivity index (χ1n) is 10.8. The van der Waals surface area contributed by atoms with Gasteiger partial charge in [-0.05, 0) is 29.0 Å². The van der Waals surface area contributed by atoms with Gasteiger partial charge >= 0.3 is 6.18 Å². The van der Waals surface area contributed by atoms with Gasteiger partial charge in [0.2, 0.25) is 0 Å². The Bertz CT molecular complexity index is 1410. The van der Waals surface area contributed by atoms with Crippen LogP contribution in [-0.2, 0) is 15.3 Å². The molecule has 4 rings (SSSR count). The second-order valence-electron chi connectivity index (χ2n) is 8.25. The lowest BCUT2D eigenvalue weighted by Crippen LogP contribution is -2.42. The fraction of sp³-hybridized carbons (Fsp3) is 0.240. The monoisotopic (exact) mass is 555 g/mol. The molecule has 0 saturated heterocycles. The van der Waals surface area contributed by atoms with Crippen molar-refractivity contribution in [3.05, 3.63) is 81.1 Å². The molecule has 194 valence electrons. The summed E-state index contributed by atoms with van der Waals surface area (Å²) in [5.74, 6) is -1.36. The predicted molar refractivity (Wildman–Crippen MR) is 133 cm³/mol. The second kappa shape index (κ2) is 10.2. The van der Waals surface area contributed by atoms with Gasteiger partial charge in [-0.15, -0.1) is 0 Å². The smallest absolute Gasteiger partial charge is 0.399 e. The van der Waals surface area contributed by atoms with E-state index in [0.717, 1.165) is 12.1 Å². The minimum atomic E-state index is -4.94. The molecule has 1 amide bonds. The van der Waals surface area contributed by atoms with Crippen LogP contribution in [0.2, 0.25) is 10.0 Å². The first-order valence-corrected chi connectivity index (χ1v) is 11.5. The SMILES string of the molecule is CON=CCN(C)C(=O)c1ccc(C2=NOC(c3cc(Cl)c(F)c(Cl)c3)(C(F)(F)F)C2)c2ccccc12. The fourth-order valence-electron chi connectivity index (χ4n) is 4.09. The first kappa shape index (κ1) is 26.7. The number of carbonyl (C=O) groups is 1. The van der Waals surface area contributed by atoms with Gasteiger partial charge in [-0.2, -0.15) is 13.2 Å². The summed E-state index contributed by atoms with van der Waals surface area (Å²) in [6.45, 7) is 0.181. The van der Waals surface area contributed by atoms with Gasteiger partial charge in [-0.25, -0.2) is 4.39 Å². The molecule has 0 N–H and O–H groups in total. The number of rotatable bonds is 6. The van der Waals surface area contributed by atoms with E-state index in [1.54, 1.807) is 31.3 Å². The summed E-state index contributed by atoms with van der Waals surface area (Å²) in [6, 6.07) is 11.5. The molecule has 1 heterocycles. The summed E-state index contributed by atoms with van der Waals surface area (Å²) in [5.41, 5.74) is -2.73. The number of hydrogen-bond donors (Lipinski definition) is 0. The summed E-state index contributed by atoms with van der Waals surface area (Å²) in [7, 11) is 2.96. The van der Waals surface area contributed by atoms with Gasteiger partial charge < -0.3 is 14.6 Å². The molecule has 0 spiro atoms. The maximum Gasteiger partial charge on any atom is 0.435 e. The van der Waals surface area contributed by atoms with Gasteiger partial charge in [-0.3, -0.25) is 4.79 Å². The highest BCUT2D eigenvalue weighted by Crippen LogP contribution is 2.50. The Kier molecular flexibility index (Phi) is 7.34. The van der Waals surface area contributed by atoms with Crippen molar-refractivity contribution in [1.29, 1.82) is 0 Å². The van der Waals surface area contributed by atoms with Gasteiger partial charge in [0.05, 0.1) is 28.5 Å². The second-order valence-corrected chi connectivity index (χ2v) is 9.06. The normalized spacial score (nSPS) is 17.7. The Labute approximate surface area is 219 Å². The lowest BCUT2D eigenvalue weighted by atomic mass is 9.85. The van der Waals surface area contributed by atoms with Gasteiger partial charge in [-0.1, -0.05) is 63.8 Å². The van der Waals surface area contributed by atoms with Crippen LogP contribution in [0.3, 0.4) is 0 Å². The molecule has 12 heteroatoms. The van der Waals surface area contributed by atoms with Crippen LogP contribution in [0.5, 0.6) is 0 Å². The van der Waals surface area contributed by atoms with E-state index in [-0.39, 0.29) is 18.2 Å². The summed E-state index contributed by atoms with van der Waals surface area (Å²) >= 11 is 11.6. The quantitative estimate of drug-likeness (QED) is 0.149. The van der Waals surface area contributed by atoms with E-state index in [4.69, 9.17) is 28.0 Å². The topological polar surface area (TPSA) is 63.5 Å². The van der Waals surface area contributed by atoms with Crippen molar-refractivity contribution in [2.75, 3.05) is 20.7 Å².